The highest BCUT2D eigenvalue weighted by Gasteiger charge is 2.29. The number of rotatable bonds is 5. The topological polar surface area (TPSA) is 94.0 Å². The second-order valence-corrected chi connectivity index (χ2v) is 8.60. The Hall–Kier alpha value is -4.66. The number of benzene rings is 3. The number of amides is 2. The molecule has 2 heterocycles. The van der Waals surface area contributed by atoms with E-state index < -0.39 is 0 Å². The van der Waals surface area contributed by atoms with E-state index in [1.165, 1.54) is 11.8 Å². The Morgan fingerprint density at radius 2 is 1.38 bits per heavy atom. The molecule has 5 rings (SSSR count). The van der Waals surface area contributed by atoms with Gasteiger partial charge in [0.25, 0.3) is 17.4 Å². The third-order valence-electron chi connectivity index (χ3n) is 6.50. The minimum Gasteiger partial charge on any atom is -0.497 e. The zero-order valence-electron chi connectivity index (χ0n) is 20.6. The molecule has 0 aliphatic carbocycles. The Morgan fingerprint density at radius 1 is 0.757 bits per heavy atom. The molecule has 0 unspecified atom stereocenters. The molecule has 1 aliphatic heterocycles. The van der Waals surface area contributed by atoms with Gasteiger partial charge in [-0.15, -0.1) is 0 Å². The third-order valence-corrected chi connectivity index (χ3v) is 6.50. The molecule has 0 N–H and O–H groups in total. The van der Waals surface area contributed by atoms with Crippen molar-refractivity contribution in [2.75, 3.05) is 40.4 Å². The molecule has 0 bridgehead atoms. The molecule has 0 saturated carbocycles. The van der Waals surface area contributed by atoms with Crippen molar-refractivity contribution in [2.24, 2.45) is 0 Å². The monoisotopic (exact) mass is 498 g/mol. The Bertz CT molecular complexity index is 1530. The lowest BCUT2D eigenvalue weighted by molar-refractivity contribution is 0.0530. The Labute approximate surface area is 213 Å². The van der Waals surface area contributed by atoms with Crippen LogP contribution < -0.4 is 15.0 Å². The van der Waals surface area contributed by atoms with E-state index >= 15 is 0 Å². The molecule has 0 atom stereocenters. The van der Waals surface area contributed by atoms with Crippen LogP contribution >= 0.6 is 0 Å². The summed E-state index contributed by atoms with van der Waals surface area (Å²) in [6, 6.07) is 21.1. The van der Waals surface area contributed by atoms with Crippen LogP contribution in [0.3, 0.4) is 0 Å². The molecule has 0 radical (unpaired) electrons. The Morgan fingerprint density at radius 3 is 2.03 bits per heavy atom. The number of carbonyl (C=O) groups is 2. The number of ether oxygens (including phenoxy) is 2. The third kappa shape index (κ3) is 4.51. The van der Waals surface area contributed by atoms with Crippen LogP contribution in [0.2, 0.25) is 0 Å². The van der Waals surface area contributed by atoms with Crippen molar-refractivity contribution in [3.63, 3.8) is 0 Å². The van der Waals surface area contributed by atoms with Gasteiger partial charge in [-0.05, 0) is 30.3 Å². The van der Waals surface area contributed by atoms with Gasteiger partial charge in [0.05, 0.1) is 30.9 Å². The molecule has 3 aromatic carbocycles. The molecule has 1 saturated heterocycles. The summed E-state index contributed by atoms with van der Waals surface area (Å²) in [7, 11) is 3.06. The van der Waals surface area contributed by atoms with Crippen molar-refractivity contribution in [3.05, 3.63) is 94.4 Å². The van der Waals surface area contributed by atoms with Gasteiger partial charge in [0.2, 0.25) is 0 Å². The first-order valence-corrected chi connectivity index (χ1v) is 11.9. The van der Waals surface area contributed by atoms with E-state index in [0.717, 1.165) is 0 Å². The number of methoxy groups -OCH3 is 2. The van der Waals surface area contributed by atoms with Gasteiger partial charge in [-0.3, -0.25) is 14.4 Å². The van der Waals surface area contributed by atoms with Gasteiger partial charge < -0.3 is 19.3 Å². The molecule has 9 nitrogen and oxygen atoms in total. The number of carbonyl (C=O) groups excluding carboxylic acids is 2. The maximum absolute atomic E-state index is 13.6. The predicted molar refractivity (Wildman–Crippen MR) is 139 cm³/mol. The van der Waals surface area contributed by atoms with Crippen LogP contribution in [-0.2, 0) is 0 Å². The lowest BCUT2D eigenvalue weighted by Gasteiger charge is -2.35. The number of aromatic nitrogens is 2. The molecule has 1 aliphatic rings. The van der Waals surface area contributed by atoms with Gasteiger partial charge >= 0.3 is 0 Å². The van der Waals surface area contributed by atoms with E-state index in [0.29, 0.717) is 59.7 Å². The van der Waals surface area contributed by atoms with E-state index in [2.05, 4.69) is 5.10 Å². The number of para-hydroxylation sites is 1. The van der Waals surface area contributed by atoms with Crippen molar-refractivity contribution < 1.29 is 19.1 Å². The largest absolute Gasteiger partial charge is 0.497 e. The first-order valence-electron chi connectivity index (χ1n) is 11.9. The molecule has 4 aromatic rings. The minimum atomic E-state index is -0.290. The second kappa shape index (κ2) is 10.1. The smallest absolute Gasteiger partial charge is 0.279 e. The van der Waals surface area contributed by atoms with Gasteiger partial charge in [0.15, 0.2) is 5.69 Å². The highest BCUT2D eigenvalue weighted by atomic mass is 16.5. The molecular formula is C28H26N4O5. The molecule has 1 fully saturated rings. The summed E-state index contributed by atoms with van der Waals surface area (Å²) < 4.78 is 11.9. The van der Waals surface area contributed by atoms with Crippen molar-refractivity contribution in [1.82, 2.24) is 19.6 Å². The maximum Gasteiger partial charge on any atom is 0.279 e. The van der Waals surface area contributed by atoms with Crippen molar-refractivity contribution in [2.45, 2.75) is 0 Å². The molecular weight excluding hydrogens is 472 g/mol. The van der Waals surface area contributed by atoms with Gasteiger partial charge in [-0.2, -0.15) is 9.78 Å². The quantitative estimate of drug-likeness (QED) is 0.420. The Balaban J connectivity index is 1.40. The molecule has 9 heteroatoms. The molecule has 0 spiro atoms. The summed E-state index contributed by atoms with van der Waals surface area (Å²) in [5, 5.41) is 5.42. The van der Waals surface area contributed by atoms with Crippen LogP contribution in [0.1, 0.15) is 20.8 Å². The lowest BCUT2D eigenvalue weighted by Crippen LogP contribution is -2.51. The second-order valence-electron chi connectivity index (χ2n) is 8.60. The summed E-state index contributed by atoms with van der Waals surface area (Å²) >= 11 is 0. The average molecular weight is 499 g/mol. The fourth-order valence-electron chi connectivity index (χ4n) is 4.50. The highest BCUT2D eigenvalue weighted by Crippen LogP contribution is 2.26. The number of hydrogen-bond acceptors (Lipinski definition) is 6. The first-order chi connectivity index (χ1) is 18.0. The number of piperazine rings is 1. The van der Waals surface area contributed by atoms with Crippen LogP contribution in [-0.4, -0.2) is 71.8 Å². The molecule has 188 valence electrons. The van der Waals surface area contributed by atoms with Crippen molar-refractivity contribution >= 4 is 22.6 Å². The molecule has 2 amide bonds. The summed E-state index contributed by atoms with van der Waals surface area (Å²) in [6.45, 7) is 1.39. The van der Waals surface area contributed by atoms with Crippen molar-refractivity contribution in [3.8, 4) is 17.2 Å². The lowest BCUT2D eigenvalue weighted by atomic mass is 10.1. The fraction of sp³-hybridized carbons (Fsp3) is 0.214. The van der Waals surface area contributed by atoms with Crippen LogP contribution in [0.4, 0.5) is 0 Å². The number of hydrogen-bond donors (Lipinski definition) is 0. The zero-order valence-corrected chi connectivity index (χ0v) is 20.6. The maximum atomic E-state index is 13.6. The zero-order chi connectivity index (χ0) is 25.9. The molecule has 1 aromatic heterocycles. The standard InChI is InChI=1S/C28H26N4O5/c1-36-20-12-13-23(24(18-20)37-2)26(33)30-14-16-31(17-15-30)28(35)25-21-10-6-7-11-22(21)27(34)32(29-25)19-8-4-3-5-9-19/h3-13,18H,14-17H2,1-2H3. The summed E-state index contributed by atoms with van der Waals surface area (Å²) in [4.78, 5) is 43.3. The van der Waals surface area contributed by atoms with Crippen LogP contribution in [0.25, 0.3) is 16.5 Å². The average Bonchev–Trinajstić information content (AvgIpc) is 2.97. The van der Waals surface area contributed by atoms with Crippen LogP contribution in [0.15, 0.2) is 77.6 Å². The van der Waals surface area contributed by atoms with Crippen LogP contribution in [0, 0.1) is 0 Å². The minimum absolute atomic E-state index is 0.173. The van der Waals surface area contributed by atoms with Crippen molar-refractivity contribution in [1.29, 1.82) is 0 Å². The Kier molecular flexibility index (Phi) is 6.59. The van der Waals surface area contributed by atoms with Gasteiger partial charge in [0, 0.05) is 37.6 Å². The highest BCUT2D eigenvalue weighted by molar-refractivity contribution is 6.05. The van der Waals surface area contributed by atoms with E-state index in [1.807, 2.05) is 18.2 Å². The van der Waals surface area contributed by atoms with Gasteiger partial charge in [-0.1, -0.05) is 36.4 Å². The van der Waals surface area contributed by atoms with Gasteiger partial charge in [0.1, 0.15) is 11.5 Å². The molecule has 37 heavy (non-hydrogen) atoms. The SMILES string of the molecule is COc1ccc(C(=O)N2CCN(C(=O)c3nn(-c4ccccc4)c(=O)c4ccccc34)CC2)c(OC)c1. The number of nitrogens with zero attached hydrogens (tertiary/aromatic N) is 4. The van der Waals surface area contributed by atoms with E-state index in [1.54, 1.807) is 71.5 Å². The summed E-state index contributed by atoms with van der Waals surface area (Å²) in [5.41, 5.74) is 0.930. The normalized spacial score (nSPS) is 13.5. The predicted octanol–water partition coefficient (Wildman–Crippen LogP) is 3.00. The first kappa shape index (κ1) is 24.1. The number of fused-ring (bicyclic) bond motifs is 1. The van der Waals surface area contributed by atoms with E-state index in [9.17, 15) is 14.4 Å². The van der Waals surface area contributed by atoms with Crippen LogP contribution in [0.5, 0.6) is 11.5 Å². The van der Waals surface area contributed by atoms with E-state index in [-0.39, 0.29) is 23.1 Å². The summed E-state index contributed by atoms with van der Waals surface area (Å²) in [5.74, 6) is 0.574. The fourth-order valence-corrected chi connectivity index (χ4v) is 4.50. The van der Waals surface area contributed by atoms with Gasteiger partial charge in [-0.25, -0.2) is 0 Å². The summed E-state index contributed by atoms with van der Waals surface area (Å²) in [6.07, 6.45) is 0. The van der Waals surface area contributed by atoms with E-state index in [4.69, 9.17) is 9.47 Å².